The average molecular weight is 304 g/mol. The molecule has 4 nitrogen and oxygen atoms in total. The topological polar surface area (TPSA) is 55.6 Å². The number of nitrogens with two attached hydrogens (primary N) is 1. The van der Waals surface area contributed by atoms with Crippen molar-refractivity contribution in [2.24, 2.45) is 11.7 Å². The molecule has 1 aliphatic heterocycles. The van der Waals surface area contributed by atoms with Crippen LogP contribution in [0, 0.1) is 12.8 Å². The molecule has 0 spiro atoms. The zero-order valence-electron chi connectivity index (χ0n) is 14.1. The summed E-state index contributed by atoms with van der Waals surface area (Å²) in [5.41, 5.74) is 8.09. The van der Waals surface area contributed by atoms with E-state index in [1.165, 1.54) is 11.1 Å². The van der Waals surface area contributed by atoms with Crippen LogP contribution in [0.25, 0.3) is 0 Å². The van der Waals surface area contributed by atoms with E-state index in [4.69, 9.17) is 10.5 Å². The van der Waals surface area contributed by atoms with Gasteiger partial charge in [0, 0.05) is 19.0 Å². The molecule has 0 saturated carbocycles. The Hall–Kier alpha value is -1.55. The van der Waals surface area contributed by atoms with E-state index >= 15 is 0 Å². The standard InChI is InChI=1S/C18H28N2O2/c1-13-5-7-14(8-6-13)16(11-19)15-9-10-20(12-15)17(21)22-18(2,3)4/h5-8,15-16H,9-12,19H2,1-4H3. The number of benzene rings is 1. The van der Waals surface area contributed by atoms with Gasteiger partial charge in [0.15, 0.2) is 0 Å². The van der Waals surface area contributed by atoms with Gasteiger partial charge in [0.1, 0.15) is 5.60 Å². The van der Waals surface area contributed by atoms with Gasteiger partial charge in [-0.3, -0.25) is 0 Å². The first-order valence-electron chi connectivity index (χ1n) is 8.04. The Labute approximate surface area is 133 Å². The molecule has 22 heavy (non-hydrogen) atoms. The third-order valence-electron chi connectivity index (χ3n) is 4.20. The van der Waals surface area contributed by atoms with Crippen molar-refractivity contribution in [3.8, 4) is 0 Å². The van der Waals surface area contributed by atoms with Crippen molar-refractivity contribution >= 4 is 6.09 Å². The van der Waals surface area contributed by atoms with E-state index in [2.05, 4.69) is 31.2 Å². The van der Waals surface area contributed by atoms with Crippen LogP contribution in [0.15, 0.2) is 24.3 Å². The summed E-state index contributed by atoms with van der Waals surface area (Å²) >= 11 is 0. The van der Waals surface area contributed by atoms with Gasteiger partial charge in [0.2, 0.25) is 0 Å². The van der Waals surface area contributed by atoms with Crippen molar-refractivity contribution in [2.45, 2.75) is 45.6 Å². The normalized spacial score (nSPS) is 20.0. The van der Waals surface area contributed by atoms with Crippen molar-refractivity contribution < 1.29 is 9.53 Å². The van der Waals surface area contributed by atoms with E-state index in [1.807, 2.05) is 25.7 Å². The highest BCUT2D eigenvalue weighted by Gasteiger charge is 2.34. The SMILES string of the molecule is Cc1ccc(C(CN)C2CCN(C(=O)OC(C)(C)C)C2)cc1. The Morgan fingerprint density at radius 1 is 1.36 bits per heavy atom. The molecule has 2 unspecified atom stereocenters. The Morgan fingerprint density at radius 2 is 2.00 bits per heavy atom. The zero-order valence-corrected chi connectivity index (χ0v) is 14.1. The highest BCUT2D eigenvalue weighted by atomic mass is 16.6. The van der Waals surface area contributed by atoms with Crippen LogP contribution >= 0.6 is 0 Å². The quantitative estimate of drug-likeness (QED) is 0.932. The molecule has 1 heterocycles. The van der Waals surface area contributed by atoms with Crippen LogP contribution < -0.4 is 5.73 Å². The highest BCUT2D eigenvalue weighted by Crippen LogP contribution is 2.32. The van der Waals surface area contributed by atoms with Gasteiger partial charge in [-0.15, -0.1) is 0 Å². The van der Waals surface area contributed by atoms with Gasteiger partial charge < -0.3 is 15.4 Å². The van der Waals surface area contributed by atoms with Gasteiger partial charge in [-0.2, -0.15) is 0 Å². The molecule has 0 aliphatic carbocycles. The van der Waals surface area contributed by atoms with E-state index in [0.717, 1.165) is 19.5 Å². The number of hydrogen-bond donors (Lipinski definition) is 1. The van der Waals surface area contributed by atoms with Crippen LogP contribution in [0.1, 0.15) is 44.2 Å². The summed E-state index contributed by atoms with van der Waals surface area (Å²) in [7, 11) is 0. The lowest BCUT2D eigenvalue weighted by Gasteiger charge is -2.26. The molecular formula is C18H28N2O2. The summed E-state index contributed by atoms with van der Waals surface area (Å²) in [4.78, 5) is 14.0. The number of aryl methyl sites for hydroxylation is 1. The fourth-order valence-electron chi connectivity index (χ4n) is 3.02. The monoisotopic (exact) mass is 304 g/mol. The molecular weight excluding hydrogens is 276 g/mol. The predicted octanol–water partition coefficient (Wildman–Crippen LogP) is 3.29. The van der Waals surface area contributed by atoms with Gasteiger partial charge in [0.05, 0.1) is 0 Å². The predicted molar refractivity (Wildman–Crippen MR) is 88.9 cm³/mol. The molecule has 1 saturated heterocycles. The fourth-order valence-corrected chi connectivity index (χ4v) is 3.02. The van der Waals surface area contributed by atoms with E-state index < -0.39 is 5.60 Å². The number of carbonyl (C=O) groups is 1. The summed E-state index contributed by atoms with van der Waals surface area (Å²) < 4.78 is 5.46. The minimum atomic E-state index is -0.445. The number of hydrogen-bond acceptors (Lipinski definition) is 3. The Kier molecular flexibility index (Phi) is 5.12. The van der Waals surface area contributed by atoms with Crippen LogP contribution in [0.2, 0.25) is 0 Å². The van der Waals surface area contributed by atoms with Gasteiger partial charge in [-0.1, -0.05) is 29.8 Å². The second-order valence-corrected chi connectivity index (χ2v) is 7.23. The van der Waals surface area contributed by atoms with Crippen molar-refractivity contribution in [3.05, 3.63) is 35.4 Å². The van der Waals surface area contributed by atoms with E-state index in [0.29, 0.717) is 18.4 Å². The third kappa shape index (κ3) is 4.23. The van der Waals surface area contributed by atoms with E-state index in [9.17, 15) is 4.79 Å². The first-order chi connectivity index (χ1) is 10.3. The molecule has 1 amide bonds. The summed E-state index contributed by atoms with van der Waals surface area (Å²) in [6.45, 7) is 9.86. The lowest BCUT2D eigenvalue weighted by molar-refractivity contribution is 0.0286. The van der Waals surface area contributed by atoms with Crippen LogP contribution in [-0.2, 0) is 4.74 Å². The number of ether oxygens (including phenoxy) is 1. The smallest absolute Gasteiger partial charge is 0.410 e. The number of amides is 1. The summed E-state index contributed by atoms with van der Waals surface area (Å²) in [5, 5.41) is 0. The Bertz CT molecular complexity index is 505. The summed E-state index contributed by atoms with van der Waals surface area (Å²) in [6, 6.07) is 8.56. The number of nitrogens with zero attached hydrogens (tertiary/aromatic N) is 1. The van der Waals surface area contributed by atoms with Gasteiger partial charge >= 0.3 is 6.09 Å². The number of likely N-dealkylation sites (tertiary alicyclic amines) is 1. The van der Waals surface area contributed by atoms with Crippen molar-refractivity contribution in [3.63, 3.8) is 0 Å². The second kappa shape index (κ2) is 6.69. The molecule has 1 aromatic rings. The van der Waals surface area contributed by atoms with Crippen LogP contribution in [0.3, 0.4) is 0 Å². The first kappa shape index (κ1) is 16.8. The van der Waals surface area contributed by atoms with Crippen LogP contribution in [0.5, 0.6) is 0 Å². The van der Waals surface area contributed by atoms with Crippen LogP contribution in [0.4, 0.5) is 4.79 Å². The van der Waals surface area contributed by atoms with Crippen molar-refractivity contribution in [1.82, 2.24) is 4.90 Å². The van der Waals surface area contributed by atoms with Crippen molar-refractivity contribution in [2.75, 3.05) is 19.6 Å². The second-order valence-electron chi connectivity index (χ2n) is 7.23. The molecule has 122 valence electrons. The molecule has 2 N–H and O–H groups in total. The van der Waals surface area contributed by atoms with Gasteiger partial charge in [-0.25, -0.2) is 4.79 Å². The molecule has 0 radical (unpaired) electrons. The average Bonchev–Trinajstić information content (AvgIpc) is 2.89. The molecule has 2 rings (SSSR count). The Morgan fingerprint density at radius 3 is 2.55 bits per heavy atom. The maximum absolute atomic E-state index is 12.2. The first-order valence-corrected chi connectivity index (χ1v) is 8.04. The largest absolute Gasteiger partial charge is 0.444 e. The molecule has 1 fully saturated rings. The molecule has 0 aromatic heterocycles. The molecule has 1 aromatic carbocycles. The molecule has 0 bridgehead atoms. The maximum Gasteiger partial charge on any atom is 0.410 e. The summed E-state index contributed by atoms with van der Waals surface area (Å²) in [6.07, 6.45) is 0.768. The molecule has 2 atom stereocenters. The summed E-state index contributed by atoms with van der Waals surface area (Å²) in [5.74, 6) is 0.702. The molecule has 4 heteroatoms. The van der Waals surface area contributed by atoms with E-state index in [-0.39, 0.29) is 6.09 Å². The maximum atomic E-state index is 12.2. The van der Waals surface area contributed by atoms with Gasteiger partial charge in [0.25, 0.3) is 0 Å². The zero-order chi connectivity index (χ0) is 16.3. The lowest BCUT2D eigenvalue weighted by atomic mass is 9.85. The van der Waals surface area contributed by atoms with Crippen LogP contribution in [-0.4, -0.2) is 36.2 Å². The van der Waals surface area contributed by atoms with Gasteiger partial charge in [-0.05, 0) is 52.1 Å². The lowest BCUT2D eigenvalue weighted by Crippen LogP contribution is -2.36. The molecule has 1 aliphatic rings. The van der Waals surface area contributed by atoms with Crippen molar-refractivity contribution in [1.29, 1.82) is 0 Å². The Balaban J connectivity index is 2.01. The number of rotatable bonds is 3. The fraction of sp³-hybridized carbons (Fsp3) is 0.611. The number of carbonyl (C=O) groups excluding carboxylic acids is 1. The highest BCUT2D eigenvalue weighted by molar-refractivity contribution is 5.68. The minimum absolute atomic E-state index is 0.213. The van der Waals surface area contributed by atoms with E-state index in [1.54, 1.807) is 0 Å². The third-order valence-corrected chi connectivity index (χ3v) is 4.20. The minimum Gasteiger partial charge on any atom is -0.444 e.